The average molecular weight is 130 g/mol. The topological polar surface area (TPSA) is 35.5 Å². The number of hydrogen-bond donors (Lipinski definition) is 2. The van der Waals surface area contributed by atoms with Crippen molar-refractivity contribution < 1.29 is 5.11 Å². The minimum Gasteiger partial charge on any atom is -0.396 e. The summed E-state index contributed by atoms with van der Waals surface area (Å²) in [4.78, 5) is 2.30. The van der Waals surface area contributed by atoms with E-state index in [1.165, 1.54) is 0 Å². The van der Waals surface area contributed by atoms with E-state index in [1.807, 2.05) is 0 Å². The van der Waals surface area contributed by atoms with Gasteiger partial charge in [-0.2, -0.15) is 0 Å². The number of nitrogens with zero attached hydrogens (tertiary/aromatic N) is 1. The molecule has 1 aliphatic heterocycles. The Hall–Kier alpha value is -0.120. The monoisotopic (exact) mass is 130 g/mol. The third-order valence-electron chi connectivity index (χ3n) is 1.57. The Morgan fingerprint density at radius 2 is 2.44 bits per heavy atom. The summed E-state index contributed by atoms with van der Waals surface area (Å²) in [6.45, 7) is 4.59. The molecule has 54 valence electrons. The predicted molar refractivity (Wildman–Crippen MR) is 36.1 cm³/mol. The van der Waals surface area contributed by atoms with Crippen molar-refractivity contribution in [2.45, 2.75) is 6.42 Å². The van der Waals surface area contributed by atoms with Gasteiger partial charge < -0.3 is 10.4 Å². The van der Waals surface area contributed by atoms with Crippen LogP contribution < -0.4 is 5.32 Å². The van der Waals surface area contributed by atoms with E-state index in [2.05, 4.69) is 10.2 Å². The van der Waals surface area contributed by atoms with E-state index >= 15 is 0 Å². The van der Waals surface area contributed by atoms with Gasteiger partial charge in [-0.3, -0.25) is 4.90 Å². The minimum atomic E-state index is 0.316. The Labute approximate surface area is 55.7 Å². The van der Waals surface area contributed by atoms with Crippen molar-refractivity contribution in [3.8, 4) is 0 Å². The third kappa shape index (κ3) is 2.30. The maximum absolute atomic E-state index is 8.48. The van der Waals surface area contributed by atoms with E-state index in [-0.39, 0.29) is 0 Å². The third-order valence-corrected chi connectivity index (χ3v) is 1.57. The van der Waals surface area contributed by atoms with Crippen molar-refractivity contribution in [3.05, 3.63) is 0 Å². The first-order valence-electron chi connectivity index (χ1n) is 3.47. The second-order valence-electron chi connectivity index (χ2n) is 2.35. The van der Waals surface area contributed by atoms with Crippen LogP contribution in [0.2, 0.25) is 0 Å². The van der Waals surface area contributed by atoms with Crippen molar-refractivity contribution >= 4 is 0 Å². The quantitative estimate of drug-likeness (QED) is 0.526. The molecular weight excluding hydrogens is 116 g/mol. The summed E-state index contributed by atoms with van der Waals surface area (Å²) in [6, 6.07) is 0. The van der Waals surface area contributed by atoms with Gasteiger partial charge in [-0.25, -0.2) is 0 Å². The zero-order valence-corrected chi connectivity index (χ0v) is 5.64. The Balaban J connectivity index is 1.98. The first-order chi connectivity index (χ1) is 4.43. The average Bonchev–Trinajstić information content (AvgIpc) is 2.34. The van der Waals surface area contributed by atoms with Crippen molar-refractivity contribution in [3.63, 3.8) is 0 Å². The molecule has 1 rings (SSSR count). The number of hydrogen-bond acceptors (Lipinski definition) is 3. The molecule has 0 aliphatic carbocycles. The van der Waals surface area contributed by atoms with Crippen LogP contribution in [-0.4, -0.2) is 42.9 Å². The molecule has 0 radical (unpaired) electrons. The summed E-state index contributed by atoms with van der Waals surface area (Å²) in [5, 5.41) is 11.7. The van der Waals surface area contributed by atoms with Gasteiger partial charge in [0.05, 0.1) is 0 Å². The molecule has 1 heterocycles. The molecule has 0 aromatic heterocycles. The summed E-state index contributed by atoms with van der Waals surface area (Å²) < 4.78 is 0. The van der Waals surface area contributed by atoms with E-state index in [0.29, 0.717) is 6.61 Å². The molecule has 0 bridgehead atoms. The van der Waals surface area contributed by atoms with Gasteiger partial charge in [-0.1, -0.05) is 0 Å². The number of nitrogens with one attached hydrogen (secondary N) is 1. The Kier molecular flexibility index (Phi) is 2.97. The molecule has 0 spiro atoms. The molecule has 2 N–H and O–H groups in total. The van der Waals surface area contributed by atoms with Crippen LogP contribution in [0.5, 0.6) is 0 Å². The molecule has 1 aliphatic rings. The van der Waals surface area contributed by atoms with Gasteiger partial charge in [-0.05, 0) is 6.42 Å². The first kappa shape index (κ1) is 6.99. The summed E-state index contributed by atoms with van der Waals surface area (Å²) in [7, 11) is 0. The fourth-order valence-electron chi connectivity index (χ4n) is 1.04. The summed E-state index contributed by atoms with van der Waals surface area (Å²) >= 11 is 0. The van der Waals surface area contributed by atoms with E-state index in [9.17, 15) is 0 Å². The van der Waals surface area contributed by atoms with Gasteiger partial charge in [0.25, 0.3) is 0 Å². The normalized spacial score (nSPS) is 21.0. The standard InChI is InChI=1S/C6H14N2O/c9-5-1-3-8-4-2-7-6-8/h7,9H,1-6H2. The van der Waals surface area contributed by atoms with E-state index in [0.717, 1.165) is 32.7 Å². The van der Waals surface area contributed by atoms with Crippen LogP contribution in [0, 0.1) is 0 Å². The highest BCUT2D eigenvalue weighted by Crippen LogP contribution is 1.92. The fraction of sp³-hybridized carbons (Fsp3) is 1.00. The Morgan fingerprint density at radius 1 is 1.56 bits per heavy atom. The summed E-state index contributed by atoms with van der Waals surface area (Å²) in [5.41, 5.74) is 0. The molecular formula is C6H14N2O. The van der Waals surface area contributed by atoms with Crippen LogP contribution in [0.3, 0.4) is 0 Å². The largest absolute Gasteiger partial charge is 0.396 e. The number of aliphatic hydroxyl groups is 1. The number of rotatable bonds is 3. The smallest absolute Gasteiger partial charge is 0.0481 e. The number of aliphatic hydroxyl groups excluding tert-OH is 1. The molecule has 3 nitrogen and oxygen atoms in total. The van der Waals surface area contributed by atoms with Crippen molar-refractivity contribution in [2.24, 2.45) is 0 Å². The second-order valence-corrected chi connectivity index (χ2v) is 2.35. The van der Waals surface area contributed by atoms with Crippen LogP contribution in [0.15, 0.2) is 0 Å². The summed E-state index contributed by atoms with van der Waals surface area (Å²) in [6.07, 6.45) is 0.904. The lowest BCUT2D eigenvalue weighted by molar-refractivity contribution is 0.247. The van der Waals surface area contributed by atoms with Crippen molar-refractivity contribution in [1.29, 1.82) is 0 Å². The second kappa shape index (κ2) is 3.82. The molecule has 3 heteroatoms. The van der Waals surface area contributed by atoms with Crippen LogP contribution in [0.25, 0.3) is 0 Å². The van der Waals surface area contributed by atoms with E-state index in [1.54, 1.807) is 0 Å². The predicted octanol–water partition coefficient (Wildman–Crippen LogP) is -0.768. The Bertz CT molecular complexity index is 71.5. The molecule has 0 atom stereocenters. The van der Waals surface area contributed by atoms with Crippen molar-refractivity contribution in [2.75, 3.05) is 32.9 Å². The zero-order chi connectivity index (χ0) is 6.53. The van der Waals surface area contributed by atoms with Gasteiger partial charge >= 0.3 is 0 Å². The molecule has 0 unspecified atom stereocenters. The maximum atomic E-state index is 8.48. The molecule has 0 aromatic carbocycles. The van der Waals surface area contributed by atoms with Gasteiger partial charge in [0, 0.05) is 32.9 Å². The molecule has 9 heavy (non-hydrogen) atoms. The highest BCUT2D eigenvalue weighted by Gasteiger charge is 2.08. The molecule has 1 saturated heterocycles. The molecule has 1 fully saturated rings. The molecule has 0 aromatic rings. The first-order valence-corrected chi connectivity index (χ1v) is 3.47. The van der Waals surface area contributed by atoms with Crippen LogP contribution >= 0.6 is 0 Å². The highest BCUT2D eigenvalue weighted by molar-refractivity contribution is 4.64. The van der Waals surface area contributed by atoms with Crippen LogP contribution in [0.4, 0.5) is 0 Å². The minimum absolute atomic E-state index is 0.316. The van der Waals surface area contributed by atoms with E-state index in [4.69, 9.17) is 5.11 Å². The molecule has 0 amide bonds. The van der Waals surface area contributed by atoms with Gasteiger partial charge in [-0.15, -0.1) is 0 Å². The van der Waals surface area contributed by atoms with Crippen LogP contribution in [0.1, 0.15) is 6.42 Å². The molecule has 0 saturated carbocycles. The lowest BCUT2D eigenvalue weighted by Gasteiger charge is -2.11. The van der Waals surface area contributed by atoms with Gasteiger partial charge in [0.2, 0.25) is 0 Å². The lowest BCUT2D eigenvalue weighted by Crippen LogP contribution is -2.23. The fourth-order valence-corrected chi connectivity index (χ4v) is 1.04. The van der Waals surface area contributed by atoms with E-state index < -0.39 is 0 Å². The lowest BCUT2D eigenvalue weighted by atomic mass is 10.4. The maximum Gasteiger partial charge on any atom is 0.0481 e. The van der Waals surface area contributed by atoms with Crippen molar-refractivity contribution in [1.82, 2.24) is 10.2 Å². The highest BCUT2D eigenvalue weighted by atomic mass is 16.3. The Morgan fingerprint density at radius 3 is 3.00 bits per heavy atom. The summed E-state index contributed by atoms with van der Waals surface area (Å²) in [5.74, 6) is 0. The SMILES string of the molecule is OCCCN1CCNC1. The zero-order valence-electron chi connectivity index (χ0n) is 5.64. The van der Waals surface area contributed by atoms with Crippen LogP contribution in [-0.2, 0) is 0 Å². The van der Waals surface area contributed by atoms with Gasteiger partial charge in [0.15, 0.2) is 0 Å². The van der Waals surface area contributed by atoms with Gasteiger partial charge in [0.1, 0.15) is 0 Å².